The maximum atomic E-state index is 10.7. The third kappa shape index (κ3) is 0.998. The van der Waals surface area contributed by atoms with Crippen molar-refractivity contribution in [2.45, 2.75) is 25.2 Å². The molecule has 10 heavy (non-hydrogen) atoms. The lowest BCUT2D eigenvalue weighted by Crippen LogP contribution is -2.39. The highest BCUT2D eigenvalue weighted by Crippen LogP contribution is 2.15. The zero-order valence-electron chi connectivity index (χ0n) is 6.03. The Morgan fingerprint density at radius 2 is 2.30 bits per heavy atom. The minimum absolute atomic E-state index is 0.215. The van der Waals surface area contributed by atoms with Gasteiger partial charge in [0.2, 0.25) is 0 Å². The van der Waals surface area contributed by atoms with Gasteiger partial charge in [-0.15, -0.1) is 0 Å². The monoisotopic (exact) mass is 145 g/mol. The fraction of sp³-hybridized carbons (Fsp3) is 0.833. The van der Waals surface area contributed by atoms with Gasteiger partial charge in [-0.25, -0.2) is 0 Å². The molecule has 0 amide bonds. The average Bonchev–Trinajstić information content (AvgIpc) is 2.09. The molecule has 58 valence electrons. The second-order valence-corrected chi connectivity index (χ2v) is 2.37. The van der Waals surface area contributed by atoms with Crippen LogP contribution in [0.25, 0.3) is 0 Å². The van der Waals surface area contributed by atoms with Crippen LogP contribution in [0, 0.1) is 0 Å². The minimum Gasteiger partial charge on any atom is -0.459 e. The van der Waals surface area contributed by atoms with Crippen LogP contribution in [-0.2, 0) is 14.3 Å². The Morgan fingerprint density at radius 3 is 2.50 bits per heavy atom. The maximum Gasteiger partial charge on any atom is 0.326 e. The van der Waals surface area contributed by atoms with Crippen molar-refractivity contribution in [2.24, 2.45) is 5.73 Å². The summed E-state index contributed by atoms with van der Waals surface area (Å²) < 4.78 is 9.72. The number of esters is 1. The number of ether oxygens (including phenoxy) is 2. The molecule has 0 aromatic carbocycles. The summed E-state index contributed by atoms with van der Waals surface area (Å²) >= 11 is 0. The van der Waals surface area contributed by atoms with Crippen LogP contribution in [-0.4, -0.2) is 31.3 Å². The third-order valence-electron chi connectivity index (χ3n) is 1.66. The molecule has 1 fully saturated rings. The van der Waals surface area contributed by atoms with Crippen molar-refractivity contribution in [3.8, 4) is 0 Å². The lowest BCUT2D eigenvalue weighted by atomic mass is 10.1. The van der Waals surface area contributed by atoms with Crippen LogP contribution >= 0.6 is 0 Å². The van der Waals surface area contributed by atoms with E-state index in [2.05, 4.69) is 0 Å². The van der Waals surface area contributed by atoms with E-state index in [0.717, 1.165) is 0 Å². The molecule has 4 nitrogen and oxygen atoms in total. The fourth-order valence-corrected chi connectivity index (χ4v) is 1.09. The first kappa shape index (κ1) is 7.50. The van der Waals surface area contributed by atoms with Crippen molar-refractivity contribution in [3.63, 3.8) is 0 Å². The first-order valence-corrected chi connectivity index (χ1v) is 3.15. The normalized spacial score (nSPS) is 39.9. The topological polar surface area (TPSA) is 61.5 Å². The lowest BCUT2D eigenvalue weighted by Gasteiger charge is -2.12. The molecule has 1 rings (SSSR count). The van der Waals surface area contributed by atoms with Crippen LogP contribution in [0.5, 0.6) is 0 Å². The smallest absolute Gasteiger partial charge is 0.326 e. The van der Waals surface area contributed by atoms with Gasteiger partial charge in [0.05, 0.1) is 0 Å². The van der Waals surface area contributed by atoms with E-state index in [1.165, 1.54) is 7.11 Å². The van der Waals surface area contributed by atoms with Gasteiger partial charge in [0, 0.05) is 7.11 Å². The second-order valence-electron chi connectivity index (χ2n) is 2.37. The van der Waals surface area contributed by atoms with Crippen molar-refractivity contribution in [1.82, 2.24) is 0 Å². The molecule has 0 saturated carbocycles. The van der Waals surface area contributed by atoms with E-state index < -0.39 is 6.04 Å². The Morgan fingerprint density at radius 1 is 1.70 bits per heavy atom. The highest BCUT2D eigenvalue weighted by molar-refractivity contribution is 5.78. The van der Waals surface area contributed by atoms with Crippen LogP contribution < -0.4 is 5.73 Å². The van der Waals surface area contributed by atoms with E-state index in [9.17, 15) is 4.79 Å². The van der Waals surface area contributed by atoms with Gasteiger partial charge in [0.15, 0.2) is 0 Å². The van der Waals surface area contributed by atoms with Crippen molar-refractivity contribution >= 4 is 5.97 Å². The number of cyclic esters (lactones) is 1. The number of carbonyl (C=O) groups excluding carboxylic acids is 1. The largest absolute Gasteiger partial charge is 0.459 e. The molecule has 0 aliphatic carbocycles. The molecule has 2 N–H and O–H groups in total. The van der Waals surface area contributed by atoms with E-state index in [0.29, 0.717) is 0 Å². The number of rotatable bonds is 1. The highest BCUT2D eigenvalue weighted by Gasteiger charge is 2.39. The first-order valence-electron chi connectivity index (χ1n) is 3.15. The fourth-order valence-electron chi connectivity index (χ4n) is 1.09. The summed E-state index contributed by atoms with van der Waals surface area (Å²) in [6, 6.07) is -0.611. The summed E-state index contributed by atoms with van der Waals surface area (Å²) in [4.78, 5) is 10.7. The van der Waals surface area contributed by atoms with E-state index in [1.54, 1.807) is 6.92 Å². The Kier molecular flexibility index (Phi) is 1.92. The van der Waals surface area contributed by atoms with Crippen LogP contribution in [0.3, 0.4) is 0 Å². The predicted molar refractivity (Wildman–Crippen MR) is 34.3 cm³/mol. The first-order chi connectivity index (χ1) is 4.66. The molecule has 0 spiro atoms. The molecule has 1 saturated heterocycles. The van der Waals surface area contributed by atoms with E-state index in [1.807, 2.05) is 0 Å². The van der Waals surface area contributed by atoms with Crippen molar-refractivity contribution in [3.05, 3.63) is 0 Å². The summed E-state index contributed by atoms with van der Waals surface area (Å²) in [5.41, 5.74) is 5.42. The number of nitrogens with two attached hydrogens (primary N) is 1. The van der Waals surface area contributed by atoms with Crippen LogP contribution in [0.15, 0.2) is 0 Å². The van der Waals surface area contributed by atoms with Crippen LogP contribution in [0.1, 0.15) is 6.92 Å². The lowest BCUT2D eigenvalue weighted by molar-refractivity contribution is -0.141. The second kappa shape index (κ2) is 2.56. The molecule has 0 aromatic rings. The Labute approximate surface area is 59.3 Å². The minimum atomic E-state index is -0.611. The van der Waals surface area contributed by atoms with Gasteiger partial charge in [0.1, 0.15) is 18.2 Å². The highest BCUT2D eigenvalue weighted by atomic mass is 16.6. The number of hydrogen-bond acceptors (Lipinski definition) is 4. The molecule has 1 aliphatic heterocycles. The molecule has 0 unspecified atom stereocenters. The van der Waals surface area contributed by atoms with Crippen molar-refractivity contribution in [1.29, 1.82) is 0 Å². The van der Waals surface area contributed by atoms with Gasteiger partial charge in [-0.3, -0.25) is 4.79 Å². The summed E-state index contributed by atoms with van der Waals surface area (Å²) in [7, 11) is 1.52. The Hall–Kier alpha value is -0.610. The molecule has 0 radical (unpaired) electrons. The maximum absolute atomic E-state index is 10.7. The SMILES string of the molecule is CO[C@H]1[C@H](C)OC(=O)[C@H]1N. The molecule has 4 heteroatoms. The van der Waals surface area contributed by atoms with Gasteiger partial charge in [-0.2, -0.15) is 0 Å². The third-order valence-corrected chi connectivity index (χ3v) is 1.66. The summed E-state index contributed by atoms with van der Waals surface area (Å²) in [5.74, 6) is -0.376. The van der Waals surface area contributed by atoms with Crippen LogP contribution in [0.2, 0.25) is 0 Å². The van der Waals surface area contributed by atoms with Gasteiger partial charge < -0.3 is 15.2 Å². The molecular formula is C6H11NO3. The predicted octanol–water partition coefficient (Wildman–Crippen LogP) is -0.726. The molecule has 1 heterocycles. The van der Waals surface area contributed by atoms with Gasteiger partial charge in [0.25, 0.3) is 0 Å². The Balaban J connectivity index is 2.64. The summed E-state index contributed by atoms with van der Waals surface area (Å²) in [5, 5.41) is 0. The van der Waals surface area contributed by atoms with E-state index >= 15 is 0 Å². The molecule has 0 bridgehead atoms. The number of carbonyl (C=O) groups is 1. The standard InChI is InChI=1S/C6H11NO3/c1-3-5(9-2)4(7)6(8)10-3/h3-5H,7H2,1-2H3/t3-,4-,5-/m0/s1. The molecular weight excluding hydrogens is 134 g/mol. The van der Waals surface area contributed by atoms with E-state index in [4.69, 9.17) is 15.2 Å². The Bertz CT molecular complexity index is 148. The zero-order chi connectivity index (χ0) is 7.72. The van der Waals surface area contributed by atoms with Gasteiger partial charge >= 0.3 is 5.97 Å². The number of hydrogen-bond donors (Lipinski definition) is 1. The van der Waals surface area contributed by atoms with Crippen LogP contribution in [0.4, 0.5) is 0 Å². The van der Waals surface area contributed by atoms with Gasteiger partial charge in [-0.05, 0) is 6.92 Å². The van der Waals surface area contributed by atoms with E-state index in [-0.39, 0.29) is 18.2 Å². The summed E-state index contributed by atoms with van der Waals surface area (Å²) in [6.07, 6.45) is -0.500. The quantitative estimate of drug-likeness (QED) is 0.494. The zero-order valence-corrected chi connectivity index (χ0v) is 6.03. The summed E-state index contributed by atoms with van der Waals surface area (Å²) in [6.45, 7) is 1.76. The molecule has 1 aliphatic rings. The number of methoxy groups -OCH3 is 1. The van der Waals surface area contributed by atoms with Gasteiger partial charge in [-0.1, -0.05) is 0 Å². The molecule has 0 aromatic heterocycles. The average molecular weight is 145 g/mol. The molecule has 3 atom stereocenters. The van der Waals surface area contributed by atoms with Crippen molar-refractivity contribution < 1.29 is 14.3 Å². The van der Waals surface area contributed by atoms with Crippen molar-refractivity contribution in [2.75, 3.05) is 7.11 Å².